The highest BCUT2D eigenvalue weighted by atomic mass is 32.2. The summed E-state index contributed by atoms with van der Waals surface area (Å²) < 4.78 is 70.4. The van der Waals surface area contributed by atoms with E-state index in [0.29, 0.717) is 11.5 Å². The van der Waals surface area contributed by atoms with Gasteiger partial charge in [-0.15, -0.1) is 0 Å². The van der Waals surface area contributed by atoms with Crippen LogP contribution in [-0.2, 0) is 27.3 Å². The van der Waals surface area contributed by atoms with Crippen LogP contribution in [0.15, 0.2) is 34.7 Å². The predicted octanol–water partition coefficient (Wildman–Crippen LogP) is 3.14. The highest BCUT2D eigenvalue weighted by molar-refractivity contribution is 7.86. The molecular formula is C21H25N3O7S2. The maximum absolute atomic E-state index is 11.1. The van der Waals surface area contributed by atoms with Crippen molar-refractivity contribution in [2.75, 3.05) is 29.5 Å². The first-order chi connectivity index (χ1) is 15.4. The molecule has 0 saturated heterocycles. The van der Waals surface area contributed by atoms with Crippen LogP contribution in [0.1, 0.15) is 18.7 Å². The fourth-order valence-electron chi connectivity index (χ4n) is 4.18. The van der Waals surface area contributed by atoms with E-state index < -0.39 is 31.7 Å². The number of benzene rings is 2. The summed E-state index contributed by atoms with van der Waals surface area (Å²) >= 11 is 0. The van der Waals surface area contributed by atoms with Crippen molar-refractivity contribution in [1.29, 1.82) is 0 Å². The van der Waals surface area contributed by atoms with Crippen molar-refractivity contribution >= 4 is 58.8 Å². The molecule has 0 radical (unpaired) electrons. The van der Waals surface area contributed by atoms with Gasteiger partial charge in [-0.2, -0.15) is 16.8 Å². The lowest BCUT2D eigenvalue weighted by atomic mass is 10.1. The monoisotopic (exact) mass is 495 g/mol. The molecule has 4 aromatic rings. The number of rotatable bonds is 9. The van der Waals surface area contributed by atoms with Crippen molar-refractivity contribution in [3.63, 3.8) is 0 Å². The lowest BCUT2D eigenvalue weighted by molar-refractivity contribution is 0.480. The Morgan fingerprint density at radius 1 is 0.939 bits per heavy atom. The zero-order valence-corrected chi connectivity index (χ0v) is 19.9. The van der Waals surface area contributed by atoms with Gasteiger partial charge in [-0.25, -0.2) is 4.98 Å². The number of aryl methyl sites for hydroxylation is 2. The second-order valence-electron chi connectivity index (χ2n) is 8.10. The van der Waals surface area contributed by atoms with E-state index in [1.807, 2.05) is 46.8 Å². The van der Waals surface area contributed by atoms with Gasteiger partial charge < -0.3 is 13.9 Å². The van der Waals surface area contributed by atoms with Gasteiger partial charge in [-0.1, -0.05) is 0 Å². The van der Waals surface area contributed by atoms with Crippen molar-refractivity contribution in [2.24, 2.45) is 7.05 Å². The maximum atomic E-state index is 11.1. The van der Waals surface area contributed by atoms with Gasteiger partial charge in [0.1, 0.15) is 5.52 Å². The number of aromatic nitrogens is 2. The first kappa shape index (κ1) is 23.5. The molecule has 2 N–H and O–H groups in total. The van der Waals surface area contributed by atoms with Crippen molar-refractivity contribution in [3.8, 4) is 0 Å². The summed E-state index contributed by atoms with van der Waals surface area (Å²) in [6.07, 6.45) is 0.328. The Labute approximate surface area is 191 Å². The summed E-state index contributed by atoms with van der Waals surface area (Å²) in [5, 5.41) is 1.94. The lowest BCUT2D eigenvalue weighted by Gasteiger charge is -2.25. The Hall–Kier alpha value is -2.67. The Balaban J connectivity index is 1.73. The molecule has 0 atom stereocenters. The summed E-state index contributed by atoms with van der Waals surface area (Å²) in [5.41, 5.74) is 4.17. The Morgan fingerprint density at radius 3 is 2.15 bits per heavy atom. The van der Waals surface area contributed by atoms with Crippen molar-refractivity contribution in [1.82, 2.24) is 9.55 Å². The lowest BCUT2D eigenvalue weighted by Crippen LogP contribution is -2.28. The molecule has 2 aromatic heterocycles. The summed E-state index contributed by atoms with van der Waals surface area (Å²) in [4.78, 5) is 6.27. The minimum Gasteiger partial charge on any atom is -0.441 e. The van der Waals surface area contributed by atoms with Gasteiger partial charge in [0.25, 0.3) is 20.2 Å². The molecular weight excluding hydrogens is 470 g/mol. The first-order valence-corrected chi connectivity index (χ1v) is 13.6. The van der Waals surface area contributed by atoms with E-state index in [-0.39, 0.29) is 25.9 Å². The molecule has 12 heteroatoms. The molecule has 178 valence electrons. The summed E-state index contributed by atoms with van der Waals surface area (Å²) in [7, 11) is -6.26. The number of hydrogen-bond acceptors (Lipinski definition) is 7. The largest absolute Gasteiger partial charge is 0.441 e. The molecule has 0 aliphatic carbocycles. The molecule has 10 nitrogen and oxygen atoms in total. The van der Waals surface area contributed by atoms with Gasteiger partial charge in [0, 0.05) is 55.1 Å². The highest BCUT2D eigenvalue weighted by Gasteiger charge is 2.16. The van der Waals surface area contributed by atoms with Crippen LogP contribution in [0.25, 0.3) is 32.9 Å². The van der Waals surface area contributed by atoms with Gasteiger partial charge >= 0.3 is 0 Å². The van der Waals surface area contributed by atoms with Crippen molar-refractivity contribution < 1.29 is 30.4 Å². The van der Waals surface area contributed by atoms with Crippen LogP contribution in [-0.4, -0.2) is 60.1 Å². The second kappa shape index (κ2) is 8.60. The van der Waals surface area contributed by atoms with E-state index >= 15 is 0 Å². The summed E-state index contributed by atoms with van der Waals surface area (Å²) in [5.74, 6) is -0.224. The molecule has 0 unspecified atom stereocenters. The average molecular weight is 496 g/mol. The molecule has 0 aliphatic heterocycles. The first-order valence-electron chi connectivity index (χ1n) is 10.4. The zero-order valence-electron chi connectivity index (χ0n) is 18.2. The van der Waals surface area contributed by atoms with Crippen molar-refractivity contribution in [3.05, 3.63) is 36.2 Å². The van der Waals surface area contributed by atoms with E-state index in [2.05, 4.69) is 4.98 Å². The smallest absolute Gasteiger partial charge is 0.264 e. The predicted molar refractivity (Wildman–Crippen MR) is 127 cm³/mol. The van der Waals surface area contributed by atoms with Crippen molar-refractivity contribution in [2.45, 2.75) is 19.8 Å². The maximum Gasteiger partial charge on any atom is 0.264 e. The number of anilines is 1. The van der Waals surface area contributed by atoms with Crippen LogP contribution in [0.3, 0.4) is 0 Å². The van der Waals surface area contributed by atoms with Gasteiger partial charge in [0.15, 0.2) is 11.5 Å². The van der Waals surface area contributed by atoms with Crippen LogP contribution < -0.4 is 4.90 Å². The number of oxazole rings is 1. The Morgan fingerprint density at radius 2 is 1.55 bits per heavy atom. The molecule has 0 spiro atoms. The van der Waals surface area contributed by atoms with Gasteiger partial charge in [-0.3, -0.25) is 9.11 Å². The molecule has 33 heavy (non-hydrogen) atoms. The zero-order chi connectivity index (χ0) is 24.0. The Kier molecular flexibility index (Phi) is 6.12. The fourth-order valence-corrected chi connectivity index (χ4v) is 5.16. The average Bonchev–Trinajstić information content (AvgIpc) is 3.19. The molecule has 0 fully saturated rings. The van der Waals surface area contributed by atoms with Gasteiger partial charge in [-0.05, 0) is 37.1 Å². The summed E-state index contributed by atoms with van der Waals surface area (Å²) in [6.45, 7) is 2.36. The molecule has 0 saturated carbocycles. The quantitative estimate of drug-likeness (QED) is 0.335. The normalized spacial score (nSPS) is 12.8. The number of hydrogen-bond donors (Lipinski definition) is 2. The van der Waals surface area contributed by atoms with Crippen LogP contribution >= 0.6 is 0 Å². The highest BCUT2D eigenvalue weighted by Crippen LogP contribution is 2.34. The van der Waals surface area contributed by atoms with Crippen LogP contribution in [0.5, 0.6) is 0 Å². The minimum absolute atomic E-state index is 0.164. The van der Waals surface area contributed by atoms with E-state index in [9.17, 15) is 16.8 Å². The molecule has 2 aromatic carbocycles. The van der Waals surface area contributed by atoms with Crippen LogP contribution in [0.4, 0.5) is 5.69 Å². The molecule has 0 amide bonds. The third-order valence-corrected chi connectivity index (χ3v) is 7.24. The minimum atomic E-state index is -4.11. The van der Waals surface area contributed by atoms with E-state index in [1.54, 1.807) is 6.92 Å². The van der Waals surface area contributed by atoms with E-state index in [4.69, 9.17) is 13.5 Å². The standard InChI is InChI=1S/C21H25N3O7S2/c1-14-22-18-12-17-16-11-15(5-6-19(16)23(2)20(17)13-21(18)31-14)24(7-3-9-32(25,26)27)8-4-10-33(28,29)30/h5-6,11-13H,3-4,7-10H2,1-2H3,(H,25,26,27)(H,28,29,30). The molecule has 0 bridgehead atoms. The molecule has 2 heterocycles. The topological polar surface area (TPSA) is 143 Å². The third-order valence-electron chi connectivity index (χ3n) is 5.63. The van der Waals surface area contributed by atoms with E-state index in [1.165, 1.54) is 0 Å². The Bertz CT molecular complexity index is 1520. The second-order valence-corrected chi connectivity index (χ2v) is 11.2. The van der Waals surface area contributed by atoms with E-state index in [0.717, 1.165) is 33.0 Å². The molecule has 0 aliphatic rings. The SMILES string of the molecule is Cc1nc2cc3c4cc(N(CCCS(=O)(=O)O)CCCS(=O)(=O)O)ccc4n(C)c3cc2o1. The van der Waals surface area contributed by atoms with Gasteiger partial charge in [0.05, 0.1) is 17.0 Å². The number of nitrogens with zero attached hydrogens (tertiary/aromatic N) is 3. The van der Waals surface area contributed by atoms with Crippen LogP contribution in [0.2, 0.25) is 0 Å². The molecule has 4 rings (SSSR count). The van der Waals surface area contributed by atoms with Gasteiger partial charge in [0.2, 0.25) is 0 Å². The third kappa shape index (κ3) is 5.29. The van der Waals surface area contributed by atoms with Crippen LogP contribution in [0, 0.1) is 6.92 Å². The number of fused-ring (bicyclic) bond motifs is 4. The fraction of sp³-hybridized carbons (Fsp3) is 0.381. The summed E-state index contributed by atoms with van der Waals surface area (Å²) in [6, 6.07) is 9.71.